The molecule has 0 radical (unpaired) electrons. The van der Waals surface area contributed by atoms with Gasteiger partial charge in [0.05, 0.1) is 46.3 Å². The quantitative estimate of drug-likeness (QED) is 0.171. The number of aliphatic hydroxyl groups is 1. The van der Waals surface area contributed by atoms with Gasteiger partial charge in [-0.15, -0.1) is 5.10 Å². The van der Waals surface area contributed by atoms with E-state index in [2.05, 4.69) is 42.5 Å². The largest absolute Gasteiger partial charge is 0.497 e. The van der Waals surface area contributed by atoms with E-state index >= 15 is 4.79 Å². The highest BCUT2D eigenvalue weighted by Gasteiger charge is 2.66. The first-order valence-electron chi connectivity index (χ1n) is 17.3. The number of aromatic nitrogens is 3. The van der Waals surface area contributed by atoms with E-state index in [0.29, 0.717) is 38.1 Å². The summed E-state index contributed by atoms with van der Waals surface area (Å²) in [7, 11) is 0.981. The third-order valence-corrected chi connectivity index (χ3v) is 15.4. The Labute approximate surface area is 293 Å². The molecule has 2 fully saturated rings. The number of anilines is 2. The van der Waals surface area contributed by atoms with Crippen LogP contribution in [0.15, 0.2) is 72.9 Å². The fraction of sp³-hybridized carbons (Fsp3) is 0.421. The summed E-state index contributed by atoms with van der Waals surface area (Å²) < 4.78 is 20.3. The first kappa shape index (κ1) is 33.9. The molecule has 12 heteroatoms. The van der Waals surface area contributed by atoms with Crippen LogP contribution in [0, 0.1) is 5.92 Å². The van der Waals surface area contributed by atoms with E-state index in [0.717, 1.165) is 40.5 Å². The molecule has 1 spiro atoms. The second kappa shape index (κ2) is 13.3. The average Bonchev–Trinajstić information content (AvgIpc) is 3.77. The topological polar surface area (TPSA) is 119 Å². The molecule has 4 heterocycles. The molecule has 0 saturated carbocycles. The number of carbonyl (C=O) groups excluding carboxylic acids is 2. The van der Waals surface area contributed by atoms with Gasteiger partial charge in [0.2, 0.25) is 5.91 Å². The Bertz CT molecular complexity index is 1880. The van der Waals surface area contributed by atoms with Crippen LogP contribution in [0.4, 0.5) is 11.4 Å². The van der Waals surface area contributed by atoms with Gasteiger partial charge in [0.15, 0.2) is 5.60 Å². The molecule has 3 aliphatic rings. The lowest BCUT2D eigenvalue weighted by atomic mass is 9.82. The molecule has 2 amide bonds. The zero-order valence-corrected chi connectivity index (χ0v) is 30.3. The minimum Gasteiger partial charge on any atom is -0.497 e. The molecule has 262 valence electrons. The summed E-state index contributed by atoms with van der Waals surface area (Å²) in [6.07, 6.45) is 3.28. The maximum Gasteiger partial charge on any atom is 0.264 e. The van der Waals surface area contributed by atoms with Crippen molar-refractivity contribution in [3.05, 3.63) is 89.7 Å². The van der Waals surface area contributed by atoms with Crippen molar-refractivity contribution >= 4 is 36.4 Å². The zero-order valence-electron chi connectivity index (χ0n) is 29.3. The summed E-state index contributed by atoms with van der Waals surface area (Å²) in [5.74, 6) is 1.36. The van der Waals surface area contributed by atoms with Crippen molar-refractivity contribution in [3.8, 4) is 11.5 Å². The van der Waals surface area contributed by atoms with Crippen LogP contribution in [-0.4, -0.2) is 73.5 Å². The van der Waals surface area contributed by atoms with Crippen LogP contribution in [-0.2, 0) is 39.4 Å². The van der Waals surface area contributed by atoms with Gasteiger partial charge in [-0.3, -0.25) is 14.3 Å². The number of β-lactam (4-membered cyclic amide) rings is 1. The lowest BCUT2D eigenvalue weighted by Crippen LogP contribution is -2.51. The van der Waals surface area contributed by atoms with Crippen molar-refractivity contribution in [2.45, 2.75) is 69.6 Å². The van der Waals surface area contributed by atoms with Gasteiger partial charge in [0.25, 0.3) is 5.91 Å². The minimum absolute atomic E-state index is 0.0118. The maximum atomic E-state index is 15.1. The van der Waals surface area contributed by atoms with Gasteiger partial charge in [-0.25, -0.2) is 0 Å². The molecule has 0 unspecified atom stereocenters. The van der Waals surface area contributed by atoms with E-state index in [-0.39, 0.29) is 36.0 Å². The highest BCUT2D eigenvalue weighted by atomic mass is 28.3. The van der Waals surface area contributed by atoms with Crippen LogP contribution in [0.3, 0.4) is 0 Å². The van der Waals surface area contributed by atoms with Crippen molar-refractivity contribution in [1.82, 2.24) is 15.0 Å². The summed E-state index contributed by atoms with van der Waals surface area (Å²) in [4.78, 5) is 30.8. The number of amides is 2. The number of aliphatic hydroxyl groups excluding tert-OH is 1. The van der Waals surface area contributed by atoms with Crippen LogP contribution in [0.1, 0.15) is 36.6 Å². The van der Waals surface area contributed by atoms with E-state index in [4.69, 9.17) is 14.2 Å². The number of fused-ring (bicyclic) bond motifs is 2. The molecule has 1 aromatic heterocycles. The van der Waals surface area contributed by atoms with Gasteiger partial charge in [-0.05, 0) is 60.0 Å². The van der Waals surface area contributed by atoms with Crippen LogP contribution in [0.5, 0.6) is 11.5 Å². The van der Waals surface area contributed by atoms with Crippen molar-refractivity contribution in [2.75, 3.05) is 37.2 Å². The average molecular weight is 696 g/mol. The summed E-state index contributed by atoms with van der Waals surface area (Å²) in [6, 6.07) is 22.1. The normalized spacial score (nSPS) is 23.0. The number of carbonyl (C=O) groups is 2. The molecular formula is C38H45N5O6Si. The van der Waals surface area contributed by atoms with E-state index in [1.165, 1.54) is 5.19 Å². The lowest BCUT2D eigenvalue weighted by molar-refractivity contribution is -0.146. The van der Waals surface area contributed by atoms with Crippen LogP contribution in [0.2, 0.25) is 18.6 Å². The van der Waals surface area contributed by atoms with Crippen molar-refractivity contribution in [3.63, 3.8) is 0 Å². The molecule has 4 aromatic rings. The fourth-order valence-corrected chi connectivity index (χ4v) is 12.4. The number of hydrogen-bond acceptors (Lipinski definition) is 8. The minimum atomic E-state index is -2.33. The van der Waals surface area contributed by atoms with E-state index < -0.39 is 13.7 Å². The first-order chi connectivity index (χ1) is 24.1. The predicted molar refractivity (Wildman–Crippen MR) is 193 cm³/mol. The Hall–Kier alpha value is -4.52. The van der Waals surface area contributed by atoms with E-state index in [1.807, 2.05) is 65.7 Å². The third-order valence-electron chi connectivity index (χ3n) is 11.1. The molecule has 7 rings (SSSR count). The Morgan fingerprint density at radius 3 is 2.36 bits per heavy atom. The number of nitrogens with zero attached hydrogens (tertiary/aromatic N) is 5. The molecule has 4 atom stereocenters. The van der Waals surface area contributed by atoms with Crippen molar-refractivity contribution in [2.24, 2.45) is 5.92 Å². The van der Waals surface area contributed by atoms with Crippen LogP contribution >= 0.6 is 0 Å². The standard InChI is InChI=1S/C38H45N5O6Si/c1-25-36(50(4,5)31-13-10-29(47-2)11-14-31)34(16-19-41-24-27(18-21-44)39-40-41)49-38(25)32-22-30(48-3)12-15-33(32)43(37(38)46)23-26-6-8-28(9-7-26)42-20-17-35(42)45/h6-15,22,24-25,34,36,44H,16-21,23H2,1-5H3/t25-,34+,36-,38+/m0/s1. The van der Waals surface area contributed by atoms with Gasteiger partial charge >= 0.3 is 0 Å². The zero-order chi connectivity index (χ0) is 35.2. The fourth-order valence-electron chi connectivity index (χ4n) is 8.33. The van der Waals surface area contributed by atoms with Crippen LogP contribution in [0.25, 0.3) is 0 Å². The van der Waals surface area contributed by atoms with E-state index in [1.54, 1.807) is 23.8 Å². The van der Waals surface area contributed by atoms with Gasteiger partial charge in [-0.1, -0.05) is 54.7 Å². The summed E-state index contributed by atoms with van der Waals surface area (Å²) in [5, 5.41) is 19.2. The molecular weight excluding hydrogens is 651 g/mol. The number of methoxy groups -OCH3 is 2. The molecule has 0 bridgehead atoms. The number of aryl methyl sites for hydroxylation is 1. The molecule has 50 heavy (non-hydrogen) atoms. The van der Waals surface area contributed by atoms with E-state index in [9.17, 15) is 9.90 Å². The third kappa shape index (κ3) is 5.68. The highest BCUT2D eigenvalue weighted by molar-refractivity contribution is 6.91. The van der Waals surface area contributed by atoms with Gasteiger partial charge in [0.1, 0.15) is 11.5 Å². The summed E-state index contributed by atoms with van der Waals surface area (Å²) in [5.41, 5.74) is 3.07. The number of hydrogen-bond donors (Lipinski definition) is 1. The molecule has 0 aliphatic carbocycles. The molecule has 1 N–H and O–H groups in total. The number of benzene rings is 3. The lowest BCUT2D eigenvalue weighted by Gasteiger charge is -2.37. The summed E-state index contributed by atoms with van der Waals surface area (Å²) in [6.45, 7) is 8.59. The number of ether oxygens (including phenoxy) is 3. The Morgan fingerprint density at radius 1 is 1.00 bits per heavy atom. The molecule has 11 nitrogen and oxygen atoms in total. The first-order valence-corrected chi connectivity index (χ1v) is 20.4. The maximum absolute atomic E-state index is 15.1. The highest BCUT2D eigenvalue weighted by Crippen LogP contribution is 2.60. The van der Waals surface area contributed by atoms with Gasteiger partial charge < -0.3 is 29.1 Å². The molecule has 3 aliphatic heterocycles. The van der Waals surface area contributed by atoms with Crippen molar-refractivity contribution < 1.29 is 28.9 Å². The van der Waals surface area contributed by atoms with Crippen LogP contribution < -0.4 is 24.5 Å². The molecule has 2 saturated heterocycles. The Kier molecular flexibility index (Phi) is 9.04. The second-order valence-electron chi connectivity index (χ2n) is 14.1. The smallest absolute Gasteiger partial charge is 0.264 e. The van der Waals surface area contributed by atoms with Gasteiger partial charge in [0, 0.05) is 55.9 Å². The predicted octanol–water partition coefficient (Wildman–Crippen LogP) is 4.42. The monoisotopic (exact) mass is 695 g/mol. The second-order valence-corrected chi connectivity index (χ2v) is 18.8. The van der Waals surface area contributed by atoms with Gasteiger partial charge in [-0.2, -0.15) is 0 Å². The SMILES string of the molecule is COc1ccc([Si](C)(C)[C@@H]2[C@@H](CCn3cc(CCO)nn3)O[C@]3(C(=O)N(Cc4ccc(N5CCC5=O)cc4)c4ccc(OC)cc43)[C@H]2C)cc1. The van der Waals surface area contributed by atoms with Crippen molar-refractivity contribution in [1.29, 1.82) is 0 Å². The Morgan fingerprint density at radius 2 is 1.72 bits per heavy atom. The Balaban J connectivity index is 1.26. The molecule has 3 aromatic carbocycles. The number of rotatable bonds is 12. The summed E-state index contributed by atoms with van der Waals surface area (Å²) >= 11 is 0.